The van der Waals surface area contributed by atoms with Gasteiger partial charge in [0.2, 0.25) is 12.5 Å². The van der Waals surface area contributed by atoms with E-state index in [0.717, 1.165) is 31.8 Å². The number of anilines is 1. The number of nitriles is 1. The van der Waals surface area contributed by atoms with Gasteiger partial charge in [0.05, 0.1) is 106 Å². The number of aromatic nitrogens is 2. The molecule has 5 aliphatic rings. The number of methoxy groups -OCH3 is 5. The fraction of sp³-hybridized carbons (Fsp3) is 0.900. The molecule has 6 rings (SSSR count). The van der Waals surface area contributed by atoms with Crippen LogP contribution in [0.1, 0.15) is 162 Å². The highest BCUT2D eigenvalue weighted by molar-refractivity contribution is 7.91. The first kappa shape index (κ1) is 104. The Balaban J connectivity index is 0.00000126. The van der Waals surface area contributed by atoms with Gasteiger partial charge in [-0.3, -0.25) is 14.1 Å². The van der Waals surface area contributed by atoms with E-state index in [0.29, 0.717) is 64.0 Å². The number of halogens is 1. The fourth-order valence-electron chi connectivity index (χ4n) is 10.3. The Hall–Kier alpha value is -2.30. The Morgan fingerprint density at radius 1 is 0.642 bits per heavy atom. The zero-order valence-electron chi connectivity index (χ0n) is 67.0. The van der Waals surface area contributed by atoms with E-state index in [2.05, 4.69) is 53.7 Å². The molecule has 29 nitrogen and oxygen atoms in total. The Labute approximate surface area is 644 Å². The summed E-state index contributed by atoms with van der Waals surface area (Å²) < 4.78 is 92.5. The van der Waals surface area contributed by atoms with Crippen LogP contribution in [0.5, 0.6) is 0 Å². The number of carbonyl (C=O) groups is 1. The van der Waals surface area contributed by atoms with E-state index < -0.39 is 106 Å². The minimum Gasteiger partial charge on any atom is -0.388 e. The second-order valence-corrected chi connectivity index (χ2v) is 32.8. The molecule has 27 atom stereocenters. The van der Waals surface area contributed by atoms with E-state index in [9.17, 15) is 30.0 Å². The maximum Gasteiger partial charge on any atom is 0.351 e. The molecule has 0 aromatic carbocycles. The smallest absolute Gasteiger partial charge is 0.351 e. The third-order valence-electron chi connectivity index (χ3n) is 17.4. The second-order valence-electron chi connectivity index (χ2n) is 26.5. The summed E-state index contributed by atoms with van der Waals surface area (Å²) in [6, 6.07) is 1.56. The Kier molecular flexibility index (Phi) is 55.6. The highest BCUT2D eigenvalue weighted by Gasteiger charge is 2.47. The van der Waals surface area contributed by atoms with Gasteiger partial charge in [0.1, 0.15) is 98.7 Å². The van der Waals surface area contributed by atoms with Crippen molar-refractivity contribution < 1.29 is 106 Å². The van der Waals surface area contributed by atoms with Gasteiger partial charge in [-0.05, 0) is 93.1 Å². The molecule has 5 fully saturated rings. The molecule has 0 bridgehead atoms. The van der Waals surface area contributed by atoms with Crippen molar-refractivity contribution in [2.24, 2.45) is 4.74 Å². The summed E-state index contributed by atoms with van der Waals surface area (Å²) >= 11 is 6.44. The van der Waals surface area contributed by atoms with Crippen LogP contribution in [0, 0.1) is 17.9 Å². The number of nitrogens with zero attached hydrogens (tertiary/aromatic N) is 5. The van der Waals surface area contributed by atoms with Crippen LogP contribution >= 0.6 is 26.0 Å². The van der Waals surface area contributed by atoms with Gasteiger partial charge in [0.25, 0.3) is 0 Å². The molecule has 1 amide bonds. The quantitative estimate of drug-likeness (QED) is 0.0176. The third-order valence-corrected chi connectivity index (χ3v) is 23.7. The van der Waals surface area contributed by atoms with Gasteiger partial charge in [-0.25, -0.2) is 11.4 Å². The summed E-state index contributed by atoms with van der Waals surface area (Å²) in [6.07, 6.45) is -2.45. The first-order chi connectivity index (χ1) is 50.0. The zero-order chi connectivity index (χ0) is 81.1. The summed E-state index contributed by atoms with van der Waals surface area (Å²) in [5, 5.41) is 59.3. The van der Waals surface area contributed by atoms with Gasteiger partial charge in [-0.15, -0.1) is 0 Å². The number of aliphatic hydroxyl groups excluding tert-OH is 5. The predicted molar refractivity (Wildman–Crippen MR) is 413 cm³/mol. The van der Waals surface area contributed by atoms with E-state index in [4.69, 9.17) is 135 Å². The van der Waals surface area contributed by atoms with Gasteiger partial charge in [0, 0.05) is 104 Å². The lowest BCUT2D eigenvalue weighted by Gasteiger charge is -2.27. The van der Waals surface area contributed by atoms with E-state index in [1.54, 1.807) is 35.5 Å². The van der Waals surface area contributed by atoms with Crippen LogP contribution in [0.4, 0.5) is 5.82 Å². The SMILES string of the molecule is CC(C)N=P(Cl)(CCC#N)C(C)C.CCC(C)OC.CC[C@H]1O[C@@H](n2ccc(NC(C)=O)nc2=O)[C@@H](OCC(C)OC)C1O.[B][C@@H]1O[C@H](CC)C(O)[C@@H]1O.[B][C@@H]1O[C@H](CC)C(O)[C@@H]1OCC(C)OC.[B][C@@H]1O[C@H](CC)C(O)[C@@H]1OCC(C)OC.[B][C@@H]1O[C@H](CC)C(OP(C)OCC[N+]#[C-])[C@@H]1OCC(C)OC. The molecule has 606 valence electrons. The Morgan fingerprint density at radius 3 is 1.38 bits per heavy atom. The minimum absolute atomic E-state index is 0.00919. The topological polar surface area (TPSA) is 353 Å². The van der Waals surface area contributed by atoms with Gasteiger partial charge in [-0.1, -0.05) is 66.6 Å². The fourth-order valence-corrected chi connectivity index (χ4v) is 14.2. The van der Waals surface area contributed by atoms with E-state index in [1.165, 1.54) is 23.8 Å². The summed E-state index contributed by atoms with van der Waals surface area (Å²) in [4.78, 5) is 30.4. The molecule has 0 spiro atoms. The molecule has 0 saturated carbocycles. The number of nitrogens with one attached hydrogen (secondary N) is 1. The molecule has 12 unspecified atom stereocenters. The van der Waals surface area contributed by atoms with Crippen LogP contribution in [0.15, 0.2) is 21.8 Å². The number of hydrogen-bond donors (Lipinski definition) is 6. The van der Waals surface area contributed by atoms with Gasteiger partial charge in [0.15, 0.2) is 14.6 Å². The highest BCUT2D eigenvalue weighted by atomic mass is 35.7. The molecule has 0 aliphatic carbocycles. The molecule has 36 heteroatoms. The van der Waals surface area contributed by atoms with Crippen LogP contribution < -0.4 is 11.0 Å². The highest BCUT2D eigenvalue weighted by Crippen LogP contribution is 2.60. The number of rotatable bonds is 34. The monoisotopic (exact) mass is 1560 g/mol. The van der Waals surface area contributed by atoms with E-state index in [-0.39, 0.29) is 85.4 Å². The van der Waals surface area contributed by atoms with E-state index >= 15 is 0 Å². The number of amides is 1. The Bertz CT molecular complexity index is 2640. The van der Waals surface area contributed by atoms with Crippen molar-refractivity contribution in [3.63, 3.8) is 0 Å². The molecule has 1 aromatic heterocycles. The average Bonchev–Trinajstić information content (AvgIpc) is 1.61. The second kappa shape index (κ2) is 56.8. The third kappa shape index (κ3) is 37.6. The molecule has 8 radical (unpaired) electrons. The molecule has 6 heterocycles. The zero-order valence-corrected chi connectivity index (χ0v) is 69.6. The normalized spacial score (nSPS) is 30.9. The number of aliphatic hydroxyl groups is 5. The molecular formula is C70H129B4ClN6O23P2. The standard InChI is InChI=1S/C16H25N3O6.C14H25BNO5P.2C10H19BO4.C9H18ClN2P.C6H11BO3.C5H12O/c1-5-11-13(21)14(24-8-9(2)23-4)15(25-11)19-7-6-12(17-10(3)20)18-16(19)22;1-6-11-12(21-22(5)19-8-7-16-3)13(14(15)20-11)18-9-10(2)17-4;2*1-4-7-8(12)9(10(11)15-7)14-5-6(2)13-3;1-8(2)12-13(10,9(3)4)7-5-6-11;1-2-3-4(8)5(9)6(7)10-3;1-4-5(2)6-3/h6-7,9,11,13-15,21H,5,8H2,1-4H3,(H,17,18,20,22);10-14H,6-9H2,1-2,4-5H3;2*6-10,12H,4-5H2,1-3H3;8-9H,5,7H2,1-4H3;3-6,8-9H,2H2,1H3;5H,4H2,1-3H3/t9?,11-,13?,14+,15-;10?,11-,12?,13+,14-,22?;2*6?,7-,8?,9+,10-;;3-,4?,5+,6-;/m1111.1./s1. The van der Waals surface area contributed by atoms with Crippen molar-refractivity contribution in [2.45, 2.75) is 320 Å². The molecule has 106 heavy (non-hydrogen) atoms. The minimum atomic E-state index is -1.74. The van der Waals surface area contributed by atoms with Gasteiger partial charge >= 0.3 is 5.69 Å². The maximum atomic E-state index is 12.3. The van der Waals surface area contributed by atoms with Crippen molar-refractivity contribution in [3.8, 4) is 6.07 Å². The first-order valence-electron chi connectivity index (χ1n) is 36.7. The van der Waals surface area contributed by atoms with Crippen molar-refractivity contribution >= 4 is 69.1 Å². The Morgan fingerprint density at radius 2 is 1.04 bits per heavy atom. The van der Waals surface area contributed by atoms with Crippen LogP contribution in [-0.2, 0) is 80.2 Å². The largest absolute Gasteiger partial charge is 0.388 e. The lowest BCUT2D eigenvalue weighted by Crippen LogP contribution is -2.39. The summed E-state index contributed by atoms with van der Waals surface area (Å²) in [7, 11) is 29.8. The molecule has 5 aliphatic heterocycles. The average molecular weight is 1560 g/mol. The lowest BCUT2D eigenvalue weighted by molar-refractivity contribution is -0.114. The van der Waals surface area contributed by atoms with Crippen LogP contribution in [0.3, 0.4) is 0 Å². The summed E-state index contributed by atoms with van der Waals surface area (Å²) in [6.45, 7) is 41.8. The van der Waals surface area contributed by atoms with Crippen molar-refractivity contribution in [2.75, 3.05) is 93.3 Å². The first-order valence-corrected chi connectivity index (χ1v) is 41.2. The number of carbonyl (C=O) groups excluding carboxylic acids is 1. The number of ether oxygens (including phenoxy) is 14. The van der Waals surface area contributed by atoms with Crippen LogP contribution in [0.25, 0.3) is 4.85 Å². The molecule has 6 N–H and O–H groups in total. The van der Waals surface area contributed by atoms with Gasteiger partial charge < -0.3 is 111 Å². The predicted octanol–water partition coefficient (Wildman–Crippen LogP) is 6.92. The van der Waals surface area contributed by atoms with Crippen LogP contribution in [0.2, 0.25) is 0 Å². The van der Waals surface area contributed by atoms with E-state index in [1.807, 2.05) is 82.8 Å². The maximum absolute atomic E-state index is 12.3. The number of hydrogen-bond acceptors (Lipinski definition) is 26. The molecule has 1 aromatic rings. The summed E-state index contributed by atoms with van der Waals surface area (Å²) in [5.74, 6) is -0.164. The molecule has 5 saturated heterocycles. The van der Waals surface area contributed by atoms with Crippen LogP contribution in [-0.4, -0.2) is 318 Å². The van der Waals surface area contributed by atoms with Crippen molar-refractivity contribution in [3.05, 3.63) is 34.2 Å². The lowest BCUT2D eigenvalue weighted by atomic mass is 9.92. The van der Waals surface area contributed by atoms with Crippen molar-refractivity contribution in [1.29, 1.82) is 5.26 Å². The van der Waals surface area contributed by atoms with Gasteiger partial charge in [-0.2, -0.15) is 10.2 Å². The van der Waals surface area contributed by atoms with Crippen molar-refractivity contribution in [1.82, 2.24) is 9.55 Å². The molecular weight excluding hydrogens is 1430 g/mol. The summed E-state index contributed by atoms with van der Waals surface area (Å²) in [5.41, 5.74) is -0.224.